The average molecular weight is 533 g/mol. The van der Waals surface area contributed by atoms with Gasteiger partial charge < -0.3 is 31.1 Å². The Hall–Kier alpha value is -3.30. The summed E-state index contributed by atoms with van der Waals surface area (Å²) in [5.74, 6) is -2.07. The number of primary amides is 1. The first-order valence-corrected chi connectivity index (χ1v) is 13.2. The molecule has 0 bridgehead atoms. The van der Waals surface area contributed by atoms with Crippen molar-refractivity contribution in [1.82, 2.24) is 15.5 Å². The highest BCUT2D eigenvalue weighted by atomic mass is 16.6. The molecule has 1 aliphatic carbocycles. The number of ether oxygens (including phenoxy) is 1. The topological polar surface area (TPSA) is 151 Å². The molecule has 2 unspecified atom stereocenters. The first-order chi connectivity index (χ1) is 17.5. The number of nitrogens with one attached hydrogen (secondary N) is 2. The fraction of sp³-hybridized carbons (Fsp3) is 0.643. The Kier molecular flexibility index (Phi) is 10.2. The lowest BCUT2D eigenvalue weighted by Gasteiger charge is -2.43. The van der Waals surface area contributed by atoms with Crippen LogP contribution in [0, 0.1) is 6.92 Å². The van der Waals surface area contributed by atoms with Crippen LogP contribution in [0.5, 0.6) is 5.75 Å². The number of phenols is 1. The molecule has 0 radical (unpaired) electrons. The van der Waals surface area contributed by atoms with Gasteiger partial charge in [-0.3, -0.25) is 14.4 Å². The number of alkyl carbamates (subject to hydrolysis) is 1. The Bertz CT molecular complexity index is 1020. The minimum atomic E-state index is -1.39. The predicted octanol–water partition coefficient (Wildman–Crippen LogP) is 3.59. The van der Waals surface area contributed by atoms with E-state index in [0.717, 1.165) is 32.1 Å². The maximum Gasteiger partial charge on any atom is 0.408 e. The zero-order valence-corrected chi connectivity index (χ0v) is 23.7. The van der Waals surface area contributed by atoms with Gasteiger partial charge in [0.05, 0.1) is 6.42 Å². The molecule has 10 heteroatoms. The van der Waals surface area contributed by atoms with Gasteiger partial charge in [0.15, 0.2) is 0 Å². The van der Waals surface area contributed by atoms with Crippen LogP contribution >= 0.6 is 0 Å². The Labute approximate surface area is 225 Å². The smallest absolute Gasteiger partial charge is 0.408 e. The largest absolute Gasteiger partial charge is 0.507 e. The highest BCUT2D eigenvalue weighted by Gasteiger charge is 2.43. The van der Waals surface area contributed by atoms with E-state index >= 15 is 0 Å². The number of phenolic OH excluding ortho intramolecular Hbond substituents is 1. The number of nitrogens with two attached hydrogens (primary N) is 1. The molecule has 1 aromatic rings. The summed E-state index contributed by atoms with van der Waals surface area (Å²) >= 11 is 0. The van der Waals surface area contributed by atoms with Gasteiger partial charge in [0.2, 0.25) is 17.7 Å². The lowest BCUT2D eigenvalue weighted by atomic mass is 9.91. The third-order valence-corrected chi connectivity index (χ3v) is 6.38. The first kappa shape index (κ1) is 30.9. The van der Waals surface area contributed by atoms with Gasteiger partial charge in [-0.15, -0.1) is 0 Å². The summed E-state index contributed by atoms with van der Waals surface area (Å²) in [6, 6.07) is 2.33. The molecule has 0 spiro atoms. The van der Waals surface area contributed by atoms with E-state index in [9.17, 15) is 24.3 Å². The van der Waals surface area contributed by atoms with E-state index in [1.165, 1.54) is 4.90 Å². The highest BCUT2D eigenvalue weighted by Crippen LogP contribution is 2.36. The van der Waals surface area contributed by atoms with Crippen molar-refractivity contribution in [2.75, 3.05) is 0 Å². The van der Waals surface area contributed by atoms with Crippen LogP contribution < -0.4 is 16.4 Å². The number of benzene rings is 1. The molecule has 2 atom stereocenters. The lowest BCUT2D eigenvalue weighted by Crippen LogP contribution is -2.59. The second kappa shape index (κ2) is 12.5. The maximum absolute atomic E-state index is 14.1. The molecule has 0 aliphatic heterocycles. The number of para-hydroxylation sites is 1. The first-order valence-electron chi connectivity index (χ1n) is 13.2. The zero-order chi connectivity index (χ0) is 28.8. The van der Waals surface area contributed by atoms with E-state index in [0.29, 0.717) is 5.56 Å². The molecule has 1 aromatic carbocycles. The number of hydrogen-bond acceptors (Lipinski definition) is 6. The van der Waals surface area contributed by atoms with E-state index in [1.807, 2.05) is 0 Å². The molecule has 0 heterocycles. The van der Waals surface area contributed by atoms with E-state index < -0.39 is 53.5 Å². The normalized spacial score (nSPS) is 16.2. The number of hydrogen-bond donors (Lipinski definition) is 4. The van der Waals surface area contributed by atoms with Crippen LogP contribution in [0.3, 0.4) is 0 Å². The van der Waals surface area contributed by atoms with Crippen LogP contribution in [0.15, 0.2) is 18.2 Å². The molecule has 38 heavy (non-hydrogen) atoms. The van der Waals surface area contributed by atoms with Gasteiger partial charge in [0.1, 0.15) is 23.4 Å². The minimum Gasteiger partial charge on any atom is -0.507 e. The number of carbonyl (C=O) groups is 4. The van der Waals surface area contributed by atoms with Gasteiger partial charge in [-0.25, -0.2) is 4.79 Å². The van der Waals surface area contributed by atoms with E-state index in [-0.39, 0.29) is 17.4 Å². The molecule has 0 saturated heterocycles. The quantitative estimate of drug-likeness (QED) is 0.402. The van der Waals surface area contributed by atoms with E-state index in [4.69, 9.17) is 10.5 Å². The van der Waals surface area contributed by atoms with Crippen molar-refractivity contribution in [2.45, 2.75) is 116 Å². The fourth-order valence-corrected chi connectivity index (χ4v) is 4.69. The molecule has 212 valence electrons. The molecule has 1 saturated carbocycles. The summed E-state index contributed by atoms with van der Waals surface area (Å²) in [6.45, 7) is 12.0. The lowest BCUT2D eigenvalue weighted by molar-refractivity contribution is -0.149. The van der Waals surface area contributed by atoms with Crippen molar-refractivity contribution < 1.29 is 29.0 Å². The number of nitrogens with zero attached hydrogens (tertiary/aromatic N) is 1. The van der Waals surface area contributed by atoms with E-state index in [2.05, 4.69) is 10.6 Å². The Morgan fingerprint density at radius 1 is 1.08 bits per heavy atom. The van der Waals surface area contributed by atoms with Gasteiger partial charge in [-0.1, -0.05) is 37.5 Å². The van der Waals surface area contributed by atoms with Crippen LogP contribution in [0.25, 0.3) is 0 Å². The second-order valence-corrected chi connectivity index (χ2v) is 12.0. The van der Waals surface area contributed by atoms with Crippen molar-refractivity contribution in [3.05, 3.63) is 29.3 Å². The monoisotopic (exact) mass is 532 g/mol. The van der Waals surface area contributed by atoms with Crippen LogP contribution in [-0.4, -0.2) is 57.0 Å². The van der Waals surface area contributed by atoms with Gasteiger partial charge in [0, 0.05) is 17.1 Å². The second-order valence-electron chi connectivity index (χ2n) is 12.0. The minimum absolute atomic E-state index is 0.0519. The van der Waals surface area contributed by atoms with Gasteiger partial charge >= 0.3 is 6.09 Å². The van der Waals surface area contributed by atoms with Crippen LogP contribution in [-0.2, 0) is 19.1 Å². The molecule has 10 nitrogen and oxygen atoms in total. The SMILES string of the molecule is Cc1cccc(C(C(=O)NC2CCCCC2)N(C(=O)C(CC(N)=O)NC(=O)OC(C)(C)C)C(C)(C)C)c1O. The Morgan fingerprint density at radius 3 is 2.21 bits per heavy atom. The molecular formula is C28H44N4O6. The van der Waals surface area contributed by atoms with Crippen molar-refractivity contribution >= 4 is 23.8 Å². The number of aryl methyl sites for hydroxylation is 1. The van der Waals surface area contributed by atoms with Gasteiger partial charge in [0.25, 0.3) is 0 Å². The number of aromatic hydroxyl groups is 1. The van der Waals surface area contributed by atoms with Crippen molar-refractivity contribution in [2.24, 2.45) is 5.73 Å². The molecule has 1 aliphatic rings. The van der Waals surface area contributed by atoms with Gasteiger partial charge in [-0.05, 0) is 66.9 Å². The molecule has 0 aromatic heterocycles. The van der Waals surface area contributed by atoms with Crippen molar-refractivity contribution in [1.29, 1.82) is 0 Å². The van der Waals surface area contributed by atoms with Crippen molar-refractivity contribution in [3.63, 3.8) is 0 Å². The molecule has 1 fully saturated rings. The molecule has 2 rings (SSSR count). The summed E-state index contributed by atoms with van der Waals surface area (Å²) in [5.41, 5.74) is 4.42. The van der Waals surface area contributed by atoms with Crippen LogP contribution in [0.1, 0.15) is 97.2 Å². The number of rotatable bonds is 8. The van der Waals surface area contributed by atoms with Gasteiger partial charge in [-0.2, -0.15) is 0 Å². The predicted molar refractivity (Wildman–Crippen MR) is 144 cm³/mol. The zero-order valence-electron chi connectivity index (χ0n) is 23.7. The van der Waals surface area contributed by atoms with E-state index in [1.54, 1.807) is 66.7 Å². The molecule has 5 N–H and O–H groups in total. The highest BCUT2D eigenvalue weighted by molar-refractivity contribution is 5.95. The summed E-state index contributed by atoms with van der Waals surface area (Å²) in [5, 5.41) is 16.5. The van der Waals surface area contributed by atoms with Crippen LogP contribution in [0.4, 0.5) is 4.79 Å². The average Bonchev–Trinajstić information content (AvgIpc) is 2.77. The molecular weight excluding hydrogens is 488 g/mol. The third kappa shape index (κ3) is 8.63. The third-order valence-electron chi connectivity index (χ3n) is 6.38. The summed E-state index contributed by atoms with van der Waals surface area (Å²) in [6.07, 6.45) is 3.35. The van der Waals surface area contributed by atoms with Crippen LogP contribution in [0.2, 0.25) is 0 Å². The number of amides is 4. The Balaban J connectivity index is 2.58. The number of carbonyl (C=O) groups excluding carboxylic acids is 4. The Morgan fingerprint density at radius 2 is 1.68 bits per heavy atom. The maximum atomic E-state index is 14.1. The summed E-state index contributed by atoms with van der Waals surface area (Å²) in [7, 11) is 0. The summed E-state index contributed by atoms with van der Waals surface area (Å²) in [4.78, 5) is 53.8. The standard InChI is InChI=1S/C28H44N4O6/c1-17-12-11-15-19(23(17)34)22(24(35)30-18-13-9-8-10-14-18)32(27(2,3)4)25(36)20(16-21(29)33)31-26(37)38-28(5,6)7/h11-12,15,18,20,22,34H,8-10,13-14,16H2,1-7H3,(H2,29,33)(H,30,35)(H,31,37). The fourth-order valence-electron chi connectivity index (χ4n) is 4.69. The summed E-state index contributed by atoms with van der Waals surface area (Å²) < 4.78 is 5.30. The molecule has 4 amide bonds. The van der Waals surface area contributed by atoms with Crippen molar-refractivity contribution in [3.8, 4) is 5.75 Å².